The molecular weight excluding hydrogens is 440 g/mol. The van der Waals surface area contributed by atoms with Crippen LogP contribution in [0.3, 0.4) is 0 Å². The van der Waals surface area contributed by atoms with E-state index in [9.17, 15) is 10.1 Å². The second kappa shape index (κ2) is 8.53. The standard InChI is InChI=1S/C25H29BrN2O2/c1-16-11-18(21(29)12-17-13-24(2,3)28-25(4,5)14-17)9-10-22(16)30-23-8-6-7-20(26)19(23)15-27/h6-11,17,28H,12-14H2,1-5H3. The normalized spacial score (nSPS) is 17.9. The molecule has 0 spiro atoms. The lowest BCUT2D eigenvalue weighted by Crippen LogP contribution is -2.57. The molecule has 0 unspecified atom stereocenters. The predicted molar refractivity (Wildman–Crippen MR) is 123 cm³/mol. The summed E-state index contributed by atoms with van der Waals surface area (Å²) in [5.41, 5.74) is 2.10. The van der Waals surface area contributed by atoms with Crippen molar-refractivity contribution in [3.63, 3.8) is 0 Å². The third-order valence-corrected chi connectivity index (χ3v) is 6.21. The number of nitrogens with one attached hydrogen (secondary N) is 1. The van der Waals surface area contributed by atoms with Gasteiger partial charge in [0.2, 0.25) is 0 Å². The van der Waals surface area contributed by atoms with Gasteiger partial charge in [-0.05, 0) is 105 Å². The topological polar surface area (TPSA) is 62.1 Å². The molecule has 0 atom stereocenters. The van der Waals surface area contributed by atoms with Crippen LogP contribution in [-0.2, 0) is 0 Å². The van der Waals surface area contributed by atoms with E-state index in [2.05, 4.69) is 55.0 Å². The molecule has 3 rings (SSSR count). The van der Waals surface area contributed by atoms with Crippen LogP contribution in [0.4, 0.5) is 0 Å². The number of carbonyl (C=O) groups is 1. The molecule has 1 saturated heterocycles. The number of piperidine rings is 1. The molecule has 0 bridgehead atoms. The fourth-order valence-electron chi connectivity index (χ4n) is 4.81. The molecule has 1 N–H and O–H groups in total. The molecule has 1 aliphatic heterocycles. The summed E-state index contributed by atoms with van der Waals surface area (Å²) < 4.78 is 6.67. The summed E-state index contributed by atoms with van der Waals surface area (Å²) in [6.45, 7) is 10.8. The average Bonchev–Trinajstić information content (AvgIpc) is 2.60. The Morgan fingerprint density at radius 1 is 1.17 bits per heavy atom. The van der Waals surface area contributed by atoms with E-state index in [1.807, 2.05) is 37.3 Å². The van der Waals surface area contributed by atoms with Crippen LogP contribution in [0, 0.1) is 24.2 Å². The number of ketones is 1. The minimum Gasteiger partial charge on any atom is -0.456 e. The van der Waals surface area contributed by atoms with Gasteiger partial charge in [0.1, 0.15) is 23.1 Å². The van der Waals surface area contributed by atoms with Gasteiger partial charge in [0, 0.05) is 27.5 Å². The van der Waals surface area contributed by atoms with Crippen molar-refractivity contribution >= 4 is 21.7 Å². The predicted octanol–water partition coefficient (Wildman–Crippen LogP) is 6.55. The lowest BCUT2D eigenvalue weighted by Gasteiger charge is -2.46. The Hall–Kier alpha value is -2.16. The maximum atomic E-state index is 13.0. The maximum Gasteiger partial charge on any atom is 0.163 e. The first-order valence-corrected chi connectivity index (χ1v) is 11.1. The largest absolute Gasteiger partial charge is 0.456 e. The van der Waals surface area contributed by atoms with Crippen molar-refractivity contribution in [2.75, 3.05) is 0 Å². The first-order chi connectivity index (χ1) is 14.0. The second-order valence-corrected chi connectivity index (χ2v) is 10.5. The number of halogens is 1. The highest BCUT2D eigenvalue weighted by molar-refractivity contribution is 9.10. The van der Waals surface area contributed by atoms with E-state index >= 15 is 0 Å². The Morgan fingerprint density at radius 2 is 1.83 bits per heavy atom. The van der Waals surface area contributed by atoms with Crippen molar-refractivity contribution in [3.05, 3.63) is 57.6 Å². The minimum atomic E-state index is 0.0305. The summed E-state index contributed by atoms with van der Waals surface area (Å²) in [7, 11) is 0. The van der Waals surface area contributed by atoms with E-state index in [1.54, 1.807) is 6.07 Å². The van der Waals surface area contributed by atoms with Crippen LogP contribution in [0.5, 0.6) is 11.5 Å². The molecule has 0 aromatic heterocycles. The SMILES string of the molecule is Cc1cc(C(=O)CC2CC(C)(C)NC(C)(C)C2)ccc1Oc1cccc(Br)c1C#N. The van der Waals surface area contributed by atoms with Gasteiger partial charge in [0.25, 0.3) is 0 Å². The lowest BCUT2D eigenvalue weighted by atomic mass is 9.74. The van der Waals surface area contributed by atoms with Crippen LogP contribution in [0.25, 0.3) is 0 Å². The smallest absolute Gasteiger partial charge is 0.163 e. The highest BCUT2D eigenvalue weighted by Crippen LogP contribution is 2.36. The number of aryl methyl sites for hydroxylation is 1. The monoisotopic (exact) mass is 468 g/mol. The van der Waals surface area contributed by atoms with Crippen LogP contribution in [0.15, 0.2) is 40.9 Å². The van der Waals surface area contributed by atoms with E-state index in [-0.39, 0.29) is 16.9 Å². The third kappa shape index (κ3) is 5.30. The molecule has 0 aliphatic carbocycles. The number of Topliss-reactive ketones (excluding diaryl/α,β-unsaturated/α-hetero) is 1. The lowest BCUT2D eigenvalue weighted by molar-refractivity contribution is 0.0864. The van der Waals surface area contributed by atoms with E-state index in [4.69, 9.17) is 4.74 Å². The highest BCUT2D eigenvalue weighted by Gasteiger charge is 2.38. The Morgan fingerprint density at radius 3 is 2.43 bits per heavy atom. The van der Waals surface area contributed by atoms with Gasteiger partial charge in [-0.25, -0.2) is 0 Å². The first-order valence-electron chi connectivity index (χ1n) is 10.3. The Labute approximate surface area is 187 Å². The summed E-state index contributed by atoms with van der Waals surface area (Å²) in [4.78, 5) is 13.0. The maximum absolute atomic E-state index is 13.0. The Bertz CT molecular complexity index is 989. The number of carbonyl (C=O) groups excluding carboxylic acids is 1. The van der Waals surface area contributed by atoms with Crippen molar-refractivity contribution in [2.24, 2.45) is 5.92 Å². The Balaban J connectivity index is 1.75. The van der Waals surface area contributed by atoms with Crippen molar-refractivity contribution < 1.29 is 9.53 Å². The number of ether oxygens (including phenoxy) is 1. The zero-order valence-electron chi connectivity index (χ0n) is 18.3. The van der Waals surface area contributed by atoms with Crippen LogP contribution >= 0.6 is 15.9 Å². The first kappa shape index (κ1) is 22.5. The van der Waals surface area contributed by atoms with Gasteiger partial charge in [-0.2, -0.15) is 5.26 Å². The number of hydrogen-bond donors (Lipinski definition) is 1. The van der Waals surface area contributed by atoms with Gasteiger partial charge in [0.15, 0.2) is 5.78 Å². The molecular formula is C25H29BrN2O2. The van der Waals surface area contributed by atoms with Crippen LogP contribution in [-0.4, -0.2) is 16.9 Å². The summed E-state index contributed by atoms with van der Waals surface area (Å²) >= 11 is 3.38. The van der Waals surface area contributed by atoms with E-state index in [0.29, 0.717) is 39.4 Å². The number of benzene rings is 2. The van der Waals surface area contributed by atoms with E-state index in [0.717, 1.165) is 18.4 Å². The van der Waals surface area contributed by atoms with Crippen LogP contribution in [0.2, 0.25) is 0 Å². The summed E-state index contributed by atoms with van der Waals surface area (Å²) in [6, 6.07) is 13.1. The number of hydrogen-bond acceptors (Lipinski definition) is 4. The quantitative estimate of drug-likeness (QED) is 0.505. The molecule has 158 valence electrons. The molecule has 0 amide bonds. The van der Waals surface area contributed by atoms with Gasteiger partial charge in [-0.1, -0.05) is 6.07 Å². The summed E-state index contributed by atoms with van der Waals surface area (Å²) in [5.74, 6) is 1.67. The van der Waals surface area contributed by atoms with Crippen LogP contribution < -0.4 is 10.1 Å². The van der Waals surface area contributed by atoms with Gasteiger partial charge in [-0.15, -0.1) is 0 Å². The molecule has 1 aliphatic rings. The fourth-order valence-corrected chi connectivity index (χ4v) is 5.25. The molecule has 5 heteroatoms. The summed E-state index contributed by atoms with van der Waals surface area (Å²) in [5, 5.41) is 13.1. The van der Waals surface area contributed by atoms with Crippen molar-refractivity contribution in [1.29, 1.82) is 5.26 Å². The minimum absolute atomic E-state index is 0.0305. The molecule has 2 aromatic carbocycles. The molecule has 30 heavy (non-hydrogen) atoms. The summed E-state index contributed by atoms with van der Waals surface area (Å²) in [6.07, 6.45) is 2.53. The molecule has 1 fully saturated rings. The van der Waals surface area contributed by atoms with Gasteiger partial charge in [-0.3, -0.25) is 4.79 Å². The van der Waals surface area contributed by atoms with E-state index in [1.165, 1.54) is 0 Å². The Kier molecular flexibility index (Phi) is 6.40. The van der Waals surface area contributed by atoms with Gasteiger partial charge >= 0.3 is 0 Å². The highest BCUT2D eigenvalue weighted by atomic mass is 79.9. The van der Waals surface area contributed by atoms with Crippen LogP contribution in [0.1, 0.15) is 68.4 Å². The van der Waals surface area contributed by atoms with Gasteiger partial charge in [0.05, 0.1) is 0 Å². The number of rotatable bonds is 5. The fraction of sp³-hybridized carbons (Fsp3) is 0.440. The number of nitriles is 1. The van der Waals surface area contributed by atoms with Crippen molar-refractivity contribution in [3.8, 4) is 17.6 Å². The molecule has 1 heterocycles. The second-order valence-electron chi connectivity index (χ2n) is 9.60. The molecule has 0 saturated carbocycles. The molecule has 0 radical (unpaired) electrons. The average molecular weight is 469 g/mol. The zero-order chi connectivity index (χ0) is 22.1. The van der Waals surface area contributed by atoms with Crippen molar-refractivity contribution in [1.82, 2.24) is 5.32 Å². The van der Waals surface area contributed by atoms with E-state index < -0.39 is 0 Å². The molecule has 4 nitrogen and oxygen atoms in total. The van der Waals surface area contributed by atoms with Gasteiger partial charge < -0.3 is 10.1 Å². The number of nitrogens with zero attached hydrogens (tertiary/aromatic N) is 1. The molecule has 2 aromatic rings. The zero-order valence-corrected chi connectivity index (χ0v) is 19.9. The third-order valence-electron chi connectivity index (χ3n) is 5.55. The van der Waals surface area contributed by atoms with Crippen molar-refractivity contribution in [2.45, 2.75) is 65.0 Å².